The SMILES string of the molecule is Cc1ccccc1-c1cc(N[C@H]2CCO[C@@H]2C)n(CCO)n1. The Morgan fingerprint density at radius 3 is 2.91 bits per heavy atom. The minimum atomic E-state index is 0.0697. The van der Waals surface area contributed by atoms with Crippen molar-refractivity contribution < 1.29 is 9.84 Å². The van der Waals surface area contributed by atoms with Crippen LogP contribution >= 0.6 is 0 Å². The van der Waals surface area contributed by atoms with E-state index in [2.05, 4.69) is 42.5 Å². The highest BCUT2D eigenvalue weighted by Crippen LogP contribution is 2.26. The van der Waals surface area contributed by atoms with Gasteiger partial charge in [0.2, 0.25) is 0 Å². The second-order valence-electron chi connectivity index (χ2n) is 5.79. The zero-order valence-corrected chi connectivity index (χ0v) is 13.1. The predicted molar refractivity (Wildman–Crippen MR) is 86.9 cm³/mol. The van der Waals surface area contributed by atoms with Gasteiger partial charge in [0.25, 0.3) is 0 Å². The number of aliphatic hydroxyl groups excluding tert-OH is 1. The molecule has 1 aromatic heterocycles. The lowest BCUT2D eigenvalue weighted by Crippen LogP contribution is -2.28. The third kappa shape index (κ3) is 3.00. The number of nitrogens with zero attached hydrogens (tertiary/aromatic N) is 2. The third-order valence-electron chi connectivity index (χ3n) is 4.22. The van der Waals surface area contributed by atoms with Crippen molar-refractivity contribution in [1.29, 1.82) is 0 Å². The van der Waals surface area contributed by atoms with Crippen molar-refractivity contribution >= 4 is 5.82 Å². The monoisotopic (exact) mass is 301 g/mol. The molecular formula is C17H23N3O2. The molecule has 2 atom stereocenters. The van der Waals surface area contributed by atoms with Crippen LogP contribution in [0, 0.1) is 6.92 Å². The smallest absolute Gasteiger partial charge is 0.125 e. The molecule has 1 fully saturated rings. The van der Waals surface area contributed by atoms with Crippen LogP contribution in [0.2, 0.25) is 0 Å². The van der Waals surface area contributed by atoms with Crippen molar-refractivity contribution in [3.63, 3.8) is 0 Å². The van der Waals surface area contributed by atoms with Gasteiger partial charge in [0.1, 0.15) is 5.82 Å². The van der Waals surface area contributed by atoms with Crippen LogP contribution in [0.3, 0.4) is 0 Å². The van der Waals surface area contributed by atoms with E-state index in [9.17, 15) is 5.11 Å². The Hall–Kier alpha value is -1.85. The third-order valence-corrected chi connectivity index (χ3v) is 4.22. The van der Waals surface area contributed by atoms with Crippen LogP contribution in [0.1, 0.15) is 18.9 Å². The standard InChI is InChI=1S/C17H23N3O2/c1-12-5-3-4-6-14(12)16-11-17(20(19-16)8-9-21)18-15-7-10-22-13(15)2/h3-6,11,13,15,18,21H,7-10H2,1-2H3/t13-,15+/m1/s1. The number of ether oxygens (including phenoxy) is 1. The van der Waals surface area contributed by atoms with E-state index in [1.807, 2.05) is 16.8 Å². The average molecular weight is 301 g/mol. The van der Waals surface area contributed by atoms with E-state index in [-0.39, 0.29) is 12.7 Å². The topological polar surface area (TPSA) is 59.3 Å². The Bertz CT molecular complexity index is 639. The van der Waals surface area contributed by atoms with Gasteiger partial charge in [-0.15, -0.1) is 0 Å². The number of aryl methyl sites for hydroxylation is 1. The lowest BCUT2D eigenvalue weighted by atomic mass is 10.1. The van der Waals surface area contributed by atoms with Crippen LogP contribution in [-0.4, -0.2) is 40.2 Å². The van der Waals surface area contributed by atoms with Crippen LogP contribution < -0.4 is 5.32 Å². The number of nitrogens with one attached hydrogen (secondary N) is 1. The molecule has 0 radical (unpaired) electrons. The number of aromatic nitrogens is 2. The molecule has 3 rings (SSSR count). The first-order chi connectivity index (χ1) is 10.7. The summed E-state index contributed by atoms with van der Waals surface area (Å²) in [5.74, 6) is 0.939. The minimum absolute atomic E-state index is 0.0697. The highest BCUT2D eigenvalue weighted by Gasteiger charge is 2.25. The number of aliphatic hydroxyl groups is 1. The Morgan fingerprint density at radius 2 is 2.23 bits per heavy atom. The van der Waals surface area contributed by atoms with Gasteiger partial charge in [-0.2, -0.15) is 5.10 Å². The maximum absolute atomic E-state index is 9.28. The summed E-state index contributed by atoms with van der Waals surface area (Å²) in [5, 5.41) is 17.4. The zero-order chi connectivity index (χ0) is 15.5. The van der Waals surface area contributed by atoms with Crippen molar-refractivity contribution in [3.8, 4) is 11.3 Å². The van der Waals surface area contributed by atoms with Crippen LogP contribution in [-0.2, 0) is 11.3 Å². The Kier molecular flexibility index (Phi) is 4.45. The van der Waals surface area contributed by atoms with Crippen molar-refractivity contribution in [3.05, 3.63) is 35.9 Å². The summed E-state index contributed by atoms with van der Waals surface area (Å²) in [6.45, 7) is 5.51. The molecule has 0 unspecified atom stereocenters. The minimum Gasteiger partial charge on any atom is -0.394 e. The maximum Gasteiger partial charge on any atom is 0.125 e. The largest absolute Gasteiger partial charge is 0.394 e. The summed E-state index contributed by atoms with van der Waals surface area (Å²) in [5.41, 5.74) is 3.25. The van der Waals surface area contributed by atoms with Gasteiger partial charge in [-0.05, 0) is 25.8 Å². The molecular weight excluding hydrogens is 278 g/mol. The number of anilines is 1. The van der Waals surface area contributed by atoms with Crippen LogP contribution in [0.5, 0.6) is 0 Å². The summed E-state index contributed by atoms with van der Waals surface area (Å²) in [7, 11) is 0. The fourth-order valence-electron chi connectivity index (χ4n) is 2.90. The second kappa shape index (κ2) is 6.50. The van der Waals surface area contributed by atoms with E-state index < -0.39 is 0 Å². The molecule has 1 saturated heterocycles. The van der Waals surface area contributed by atoms with E-state index in [0.29, 0.717) is 12.6 Å². The van der Waals surface area contributed by atoms with Gasteiger partial charge in [-0.25, -0.2) is 4.68 Å². The Morgan fingerprint density at radius 1 is 1.41 bits per heavy atom. The summed E-state index contributed by atoms with van der Waals surface area (Å²) in [6.07, 6.45) is 1.19. The fraction of sp³-hybridized carbons (Fsp3) is 0.471. The zero-order valence-electron chi connectivity index (χ0n) is 13.1. The first kappa shape index (κ1) is 15.1. The van der Waals surface area contributed by atoms with Gasteiger partial charge in [0.05, 0.1) is 31.0 Å². The van der Waals surface area contributed by atoms with Gasteiger partial charge >= 0.3 is 0 Å². The van der Waals surface area contributed by atoms with Gasteiger partial charge in [-0.3, -0.25) is 0 Å². The fourth-order valence-corrected chi connectivity index (χ4v) is 2.90. The highest BCUT2D eigenvalue weighted by atomic mass is 16.5. The van der Waals surface area contributed by atoms with Crippen LogP contribution in [0.15, 0.2) is 30.3 Å². The molecule has 2 N–H and O–H groups in total. The normalized spacial score (nSPS) is 21.2. The molecule has 1 aliphatic heterocycles. The molecule has 0 saturated carbocycles. The number of hydrogen-bond acceptors (Lipinski definition) is 4. The first-order valence-corrected chi connectivity index (χ1v) is 7.82. The van der Waals surface area contributed by atoms with E-state index in [1.54, 1.807) is 0 Å². The molecule has 5 heteroatoms. The summed E-state index contributed by atoms with van der Waals surface area (Å²) >= 11 is 0. The molecule has 0 aliphatic carbocycles. The lowest BCUT2D eigenvalue weighted by molar-refractivity contribution is 0.121. The molecule has 2 aromatic rings. The molecule has 0 amide bonds. The highest BCUT2D eigenvalue weighted by molar-refractivity contribution is 5.66. The molecule has 5 nitrogen and oxygen atoms in total. The lowest BCUT2D eigenvalue weighted by Gasteiger charge is -2.17. The number of hydrogen-bond donors (Lipinski definition) is 2. The molecule has 118 valence electrons. The number of rotatable bonds is 5. The average Bonchev–Trinajstić information content (AvgIpc) is 3.08. The van der Waals surface area contributed by atoms with Crippen molar-refractivity contribution in [1.82, 2.24) is 9.78 Å². The summed E-state index contributed by atoms with van der Waals surface area (Å²) in [4.78, 5) is 0. The van der Waals surface area contributed by atoms with Gasteiger partial charge < -0.3 is 15.2 Å². The molecule has 1 aromatic carbocycles. The van der Waals surface area contributed by atoms with E-state index in [4.69, 9.17) is 4.74 Å². The summed E-state index contributed by atoms with van der Waals surface area (Å²) in [6, 6.07) is 10.6. The maximum atomic E-state index is 9.28. The van der Waals surface area contributed by atoms with Crippen molar-refractivity contribution in [2.45, 2.75) is 39.0 Å². The van der Waals surface area contributed by atoms with E-state index >= 15 is 0 Å². The van der Waals surface area contributed by atoms with Crippen molar-refractivity contribution in [2.24, 2.45) is 0 Å². The molecule has 2 heterocycles. The van der Waals surface area contributed by atoms with E-state index in [1.165, 1.54) is 5.56 Å². The van der Waals surface area contributed by atoms with Gasteiger partial charge in [-0.1, -0.05) is 24.3 Å². The summed E-state index contributed by atoms with van der Waals surface area (Å²) < 4.78 is 7.45. The molecule has 22 heavy (non-hydrogen) atoms. The first-order valence-electron chi connectivity index (χ1n) is 7.82. The molecule has 0 bridgehead atoms. The van der Waals surface area contributed by atoms with Gasteiger partial charge in [0.15, 0.2) is 0 Å². The Labute approximate surface area is 130 Å². The number of benzene rings is 1. The molecule has 1 aliphatic rings. The molecule has 0 spiro atoms. The second-order valence-corrected chi connectivity index (χ2v) is 5.79. The Balaban J connectivity index is 1.90. The van der Waals surface area contributed by atoms with Crippen molar-refractivity contribution in [2.75, 3.05) is 18.5 Å². The van der Waals surface area contributed by atoms with Crippen LogP contribution in [0.25, 0.3) is 11.3 Å². The van der Waals surface area contributed by atoms with Gasteiger partial charge in [0, 0.05) is 18.2 Å². The van der Waals surface area contributed by atoms with Crippen LogP contribution in [0.4, 0.5) is 5.82 Å². The predicted octanol–water partition coefficient (Wildman–Crippen LogP) is 2.44. The quantitative estimate of drug-likeness (QED) is 0.890. The van der Waals surface area contributed by atoms with E-state index in [0.717, 1.165) is 30.1 Å².